The Kier molecular flexibility index (Phi) is 5.05. The lowest BCUT2D eigenvalue weighted by molar-refractivity contribution is 0.285. The van der Waals surface area contributed by atoms with Gasteiger partial charge >= 0.3 is 0 Å². The van der Waals surface area contributed by atoms with E-state index in [0.717, 1.165) is 30.8 Å². The Labute approximate surface area is 122 Å². The van der Waals surface area contributed by atoms with Crippen LogP contribution in [0.2, 0.25) is 0 Å². The summed E-state index contributed by atoms with van der Waals surface area (Å²) in [5.74, 6) is 1.85. The number of hydrogen-bond acceptors (Lipinski definition) is 3. The Balaban J connectivity index is 2.45. The van der Waals surface area contributed by atoms with Crippen molar-refractivity contribution in [3.63, 3.8) is 0 Å². The molecule has 1 atom stereocenters. The highest BCUT2D eigenvalue weighted by Gasteiger charge is 2.24. The summed E-state index contributed by atoms with van der Waals surface area (Å²) in [6.07, 6.45) is 4.36. The number of benzene rings is 1. The van der Waals surface area contributed by atoms with Gasteiger partial charge in [0.25, 0.3) is 0 Å². The summed E-state index contributed by atoms with van der Waals surface area (Å²) in [5.41, 5.74) is 4.15. The minimum absolute atomic E-state index is 0.243. The normalized spacial score (nSPS) is 14.8. The highest BCUT2D eigenvalue weighted by Crippen LogP contribution is 2.41. The third kappa shape index (κ3) is 2.97. The molecule has 0 bridgehead atoms. The van der Waals surface area contributed by atoms with Crippen LogP contribution in [0.5, 0.6) is 11.5 Å². The van der Waals surface area contributed by atoms with E-state index < -0.39 is 0 Å². The minimum atomic E-state index is 0.243. The summed E-state index contributed by atoms with van der Waals surface area (Å²) in [4.78, 5) is 4.12. The maximum Gasteiger partial charge on any atom is 0.164 e. The third-order valence-corrected chi connectivity index (χ3v) is 3.82. The van der Waals surface area contributed by atoms with E-state index in [4.69, 9.17) is 9.47 Å². The van der Waals surface area contributed by atoms with Crippen LogP contribution in [-0.2, 0) is 19.3 Å². The molecule has 1 aromatic rings. The molecule has 0 N–H and O–H groups in total. The first-order chi connectivity index (χ1) is 9.71. The summed E-state index contributed by atoms with van der Waals surface area (Å²) in [7, 11) is 0. The van der Waals surface area contributed by atoms with Crippen molar-refractivity contribution in [2.45, 2.75) is 52.5 Å². The van der Waals surface area contributed by atoms with Gasteiger partial charge in [0, 0.05) is 5.56 Å². The van der Waals surface area contributed by atoms with Gasteiger partial charge in [-0.1, -0.05) is 0 Å². The quantitative estimate of drug-likeness (QED) is 0.712. The van der Waals surface area contributed by atoms with Crippen molar-refractivity contribution in [1.29, 1.82) is 0 Å². The van der Waals surface area contributed by atoms with Gasteiger partial charge in [-0.3, -0.25) is 4.99 Å². The fourth-order valence-corrected chi connectivity index (χ4v) is 2.94. The molecule has 0 saturated carbocycles. The van der Waals surface area contributed by atoms with E-state index in [1.54, 1.807) is 0 Å². The van der Waals surface area contributed by atoms with E-state index in [1.165, 1.54) is 23.1 Å². The summed E-state index contributed by atoms with van der Waals surface area (Å²) >= 11 is 0. The molecule has 0 aromatic heterocycles. The fourth-order valence-electron chi connectivity index (χ4n) is 2.94. The SMILES string of the molecule is C=NC(C)Cc1cc(OCC)c(OCC)c2c1CCC2. The summed E-state index contributed by atoms with van der Waals surface area (Å²) in [6.45, 7) is 11.1. The van der Waals surface area contributed by atoms with Crippen molar-refractivity contribution in [3.05, 3.63) is 22.8 Å². The number of hydrogen-bond donors (Lipinski definition) is 0. The van der Waals surface area contributed by atoms with Crippen LogP contribution in [0.25, 0.3) is 0 Å². The molecule has 20 heavy (non-hydrogen) atoms. The van der Waals surface area contributed by atoms with Gasteiger partial charge in [0.05, 0.1) is 19.3 Å². The van der Waals surface area contributed by atoms with Crippen LogP contribution in [0.1, 0.15) is 43.9 Å². The highest BCUT2D eigenvalue weighted by atomic mass is 16.5. The van der Waals surface area contributed by atoms with E-state index in [-0.39, 0.29) is 6.04 Å². The fraction of sp³-hybridized carbons (Fsp3) is 0.588. The lowest BCUT2D eigenvalue weighted by Gasteiger charge is -2.19. The Morgan fingerprint density at radius 1 is 1.20 bits per heavy atom. The van der Waals surface area contributed by atoms with Gasteiger partial charge in [-0.25, -0.2) is 0 Å². The molecule has 3 nitrogen and oxygen atoms in total. The standard InChI is InChI=1S/C17H25NO2/c1-5-19-16-11-13(10-12(3)18-4)14-8-7-9-15(14)17(16)20-6-2/h11-12H,4-10H2,1-3H3. The second-order valence-corrected chi connectivity index (χ2v) is 5.28. The van der Waals surface area contributed by atoms with Gasteiger partial charge in [-0.15, -0.1) is 0 Å². The molecule has 1 aromatic carbocycles. The molecule has 0 heterocycles. The molecule has 0 spiro atoms. The molecule has 0 fully saturated rings. The first-order valence-electron chi connectivity index (χ1n) is 7.60. The predicted molar refractivity (Wildman–Crippen MR) is 83.5 cm³/mol. The molecule has 0 radical (unpaired) electrons. The average Bonchev–Trinajstić information content (AvgIpc) is 2.92. The number of rotatable bonds is 7. The van der Waals surface area contributed by atoms with E-state index in [1.807, 2.05) is 13.8 Å². The third-order valence-electron chi connectivity index (χ3n) is 3.82. The molecular formula is C17H25NO2. The first-order valence-corrected chi connectivity index (χ1v) is 7.60. The van der Waals surface area contributed by atoms with Gasteiger partial charge in [0.15, 0.2) is 11.5 Å². The van der Waals surface area contributed by atoms with E-state index in [0.29, 0.717) is 13.2 Å². The maximum absolute atomic E-state index is 5.86. The average molecular weight is 275 g/mol. The van der Waals surface area contributed by atoms with Gasteiger partial charge in [0.2, 0.25) is 0 Å². The van der Waals surface area contributed by atoms with Crippen molar-refractivity contribution >= 4 is 6.72 Å². The van der Waals surface area contributed by atoms with E-state index in [2.05, 4.69) is 24.7 Å². The van der Waals surface area contributed by atoms with Gasteiger partial charge < -0.3 is 9.47 Å². The molecule has 1 aliphatic carbocycles. The van der Waals surface area contributed by atoms with Crippen LogP contribution in [0.3, 0.4) is 0 Å². The smallest absolute Gasteiger partial charge is 0.164 e. The van der Waals surface area contributed by atoms with Crippen molar-refractivity contribution in [2.24, 2.45) is 4.99 Å². The second-order valence-electron chi connectivity index (χ2n) is 5.28. The molecule has 0 amide bonds. The monoisotopic (exact) mass is 275 g/mol. The van der Waals surface area contributed by atoms with Crippen molar-refractivity contribution < 1.29 is 9.47 Å². The van der Waals surface area contributed by atoms with E-state index >= 15 is 0 Å². The van der Waals surface area contributed by atoms with Crippen molar-refractivity contribution in [2.75, 3.05) is 13.2 Å². The minimum Gasteiger partial charge on any atom is -0.490 e. The number of fused-ring (bicyclic) bond motifs is 1. The lowest BCUT2D eigenvalue weighted by Crippen LogP contribution is -2.08. The van der Waals surface area contributed by atoms with Crippen LogP contribution >= 0.6 is 0 Å². The summed E-state index contributed by atoms with van der Waals surface area (Å²) < 4.78 is 11.7. The molecule has 110 valence electrons. The maximum atomic E-state index is 5.86. The van der Waals surface area contributed by atoms with Crippen molar-refractivity contribution in [3.8, 4) is 11.5 Å². The number of ether oxygens (including phenoxy) is 2. The van der Waals surface area contributed by atoms with Gasteiger partial charge in [-0.2, -0.15) is 0 Å². The number of aliphatic imine (C=N–C) groups is 1. The molecular weight excluding hydrogens is 250 g/mol. The molecule has 2 rings (SSSR count). The van der Waals surface area contributed by atoms with Crippen LogP contribution in [0, 0.1) is 0 Å². The van der Waals surface area contributed by atoms with Crippen LogP contribution in [-0.4, -0.2) is 26.0 Å². The summed E-state index contributed by atoms with van der Waals surface area (Å²) in [5, 5.41) is 0. The predicted octanol–water partition coefficient (Wildman–Crippen LogP) is 3.60. The molecule has 1 unspecified atom stereocenters. The zero-order valence-corrected chi connectivity index (χ0v) is 12.9. The largest absolute Gasteiger partial charge is 0.490 e. The zero-order chi connectivity index (χ0) is 14.5. The molecule has 0 saturated heterocycles. The molecule has 3 heteroatoms. The van der Waals surface area contributed by atoms with Crippen LogP contribution in [0.4, 0.5) is 0 Å². The Morgan fingerprint density at radius 3 is 2.55 bits per heavy atom. The first kappa shape index (κ1) is 14.9. The number of nitrogens with zero attached hydrogens (tertiary/aromatic N) is 1. The lowest BCUT2D eigenvalue weighted by atomic mass is 9.96. The highest BCUT2D eigenvalue weighted by molar-refractivity contribution is 5.56. The Hall–Kier alpha value is -1.51. The van der Waals surface area contributed by atoms with Crippen molar-refractivity contribution in [1.82, 2.24) is 0 Å². The van der Waals surface area contributed by atoms with Crippen LogP contribution in [0.15, 0.2) is 11.1 Å². The van der Waals surface area contributed by atoms with E-state index in [9.17, 15) is 0 Å². The summed E-state index contributed by atoms with van der Waals surface area (Å²) in [6, 6.07) is 2.40. The molecule has 0 aliphatic heterocycles. The van der Waals surface area contributed by atoms with Crippen LogP contribution < -0.4 is 9.47 Å². The Morgan fingerprint density at radius 2 is 1.90 bits per heavy atom. The zero-order valence-electron chi connectivity index (χ0n) is 12.9. The van der Waals surface area contributed by atoms with Gasteiger partial charge in [0.1, 0.15) is 0 Å². The topological polar surface area (TPSA) is 30.8 Å². The second kappa shape index (κ2) is 6.78. The molecule has 1 aliphatic rings. The van der Waals surface area contributed by atoms with Gasteiger partial charge in [-0.05, 0) is 70.4 Å². The Bertz CT molecular complexity index is 482.